The predicted octanol–water partition coefficient (Wildman–Crippen LogP) is 4.87. The summed E-state index contributed by atoms with van der Waals surface area (Å²) in [6.07, 6.45) is 1.46. The van der Waals surface area contributed by atoms with Crippen molar-refractivity contribution in [3.63, 3.8) is 0 Å². The van der Waals surface area contributed by atoms with E-state index in [-0.39, 0.29) is 6.03 Å². The van der Waals surface area contributed by atoms with Gasteiger partial charge in [-0.25, -0.2) is 14.5 Å². The van der Waals surface area contributed by atoms with Crippen molar-refractivity contribution in [1.29, 1.82) is 0 Å². The molecule has 2 aliphatic heterocycles. The Morgan fingerprint density at radius 3 is 1.93 bits per heavy atom. The zero-order valence-electron chi connectivity index (χ0n) is 15.6. The fourth-order valence-electron chi connectivity index (χ4n) is 4.11. The van der Waals surface area contributed by atoms with Gasteiger partial charge in [0.15, 0.2) is 5.79 Å². The number of benzene rings is 2. The highest BCUT2D eigenvalue weighted by atomic mass is 35.5. The molecule has 2 saturated heterocycles. The van der Waals surface area contributed by atoms with Gasteiger partial charge >= 0.3 is 12.1 Å². The minimum atomic E-state index is -0.856. The van der Waals surface area contributed by atoms with E-state index in [1.807, 2.05) is 19.0 Å². The number of carbonyl (C=O) groups is 2. The number of hydrogen-bond donors (Lipinski definition) is 0. The van der Waals surface area contributed by atoms with Gasteiger partial charge in [0, 0.05) is 28.7 Å². The molecular formula is C20H20Cl2N4O2. The molecule has 8 heteroatoms. The normalized spacial score (nSPS) is 22.2. The topological polar surface area (TPSA) is 47.1 Å². The molecule has 2 heterocycles. The molecule has 2 aromatic carbocycles. The van der Waals surface area contributed by atoms with Crippen molar-refractivity contribution in [2.75, 3.05) is 30.4 Å². The molecule has 1 atom stereocenters. The van der Waals surface area contributed by atoms with Crippen LogP contribution in [-0.2, 0) is 0 Å². The van der Waals surface area contributed by atoms with Gasteiger partial charge in [-0.15, -0.1) is 0 Å². The molecule has 6 nitrogen and oxygen atoms in total. The Kier molecular flexibility index (Phi) is 4.73. The first-order valence-corrected chi connectivity index (χ1v) is 9.76. The number of rotatable bonds is 3. The third-order valence-corrected chi connectivity index (χ3v) is 5.88. The molecule has 0 saturated carbocycles. The van der Waals surface area contributed by atoms with E-state index in [2.05, 4.69) is 0 Å². The summed E-state index contributed by atoms with van der Waals surface area (Å²) in [5.41, 5.74) is 1.17. The third kappa shape index (κ3) is 2.75. The maximum Gasteiger partial charge on any atom is 0.340 e. The van der Waals surface area contributed by atoms with Gasteiger partial charge in [0.1, 0.15) is 0 Å². The van der Waals surface area contributed by atoms with Crippen molar-refractivity contribution >= 4 is 46.6 Å². The van der Waals surface area contributed by atoms with Gasteiger partial charge < -0.3 is 0 Å². The van der Waals surface area contributed by atoms with Gasteiger partial charge in [0.25, 0.3) is 0 Å². The summed E-state index contributed by atoms with van der Waals surface area (Å²) in [7, 11) is 3.78. The molecule has 0 spiro atoms. The summed E-state index contributed by atoms with van der Waals surface area (Å²) >= 11 is 12.0. The number of nitrogens with zero attached hydrogens (tertiary/aromatic N) is 4. The molecule has 0 N–H and O–H groups in total. The van der Waals surface area contributed by atoms with E-state index >= 15 is 0 Å². The molecule has 28 heavy (non-hydrogen) atoms. The van der Waals surface area contributed by atoms with Crippen molar-refractivity contribution in [1.82, 2.24) is 9.80 Å². The summed E-state index contributed by atoms with van der Waals surface area (Å²) in [6, 6.07) is 13.1. The van der Waals surface area contributed by atoms with Crippen LogP contribution in [0.3, 0.4) is 0 Å². The summed E-state index contributed by atoms with van der Waals surface area (Å²) in [4.78, 5) is 33.6. The zero-order chi connectivity index (χ0) is 20.1. The predicted molar refractivity (Wildman–Crippen MR) is 111 cm³/mol. The van der Waals surface area contributed by atoms with Crippen LogP contribution in [0, 0.1) is 0 Å². The smallest absolute Gasteiger partial charge is 0.287 e. The number of urea groups is 2. The van der Waals surface area contributed by atoms with Crippen LogP contribution in [0.2, 0.25) is 10.0 Å². The van der Waals surface area contributed by atoms with E-state index < -0.39 is 11.8 Å². The number of amides is 4. The summed E-state index contributed by atoms with van der Waals surface area (Å²) in [5, 5.41) is 1.13. The third-order valence-electron chi connectivity index (χ3n) is 5.37. The minimum Gasteiger partial charge on any atom is -0.287 e. The van der Waals surface area contributed by atoms with Gasteiger partial charge in [-0.3, -0.25) is 14.7 Å². The second-order valence-electron chi connectivity index (χ2n) is 7.11. The molecule has 4 amide bonds. The van der Waals surface area contributed by atoms with Crippen molar-refractivity contribution in [3.8, 4) is 0 Å². The fourth-order valence-corrected chi connectivity index (χ4v) is 4.36. The first-order valence-electron chi connectivity index (χ1n) is 9.01. The van der Waals surface area contributed by atoms with Crippen molar-refractivity contribution < 1.29 is 9.59 Å². The number of imide groups is 1. The second kappa shape index (κ2) is 6.95. The van der Waals surface area contributed by atoms with Crippen LogP contribution in [0.4, 0.5) is 21.0 Å². The summed E-state index contributed by atoms with van der Waals surface area (Å²) in [5.74, 6) is -0.856. The number of hydrogen-bond acceptors (Lipinski definition) is 3. The van der Waals surface area contributed by atoms with E-state index in [9.17, 15) is 9.59 Å². The molecule has 2 fully saturated rings. The van der Waals surface area contributed by atoms with Crippen LogP contribution < -0.4 is 9.80 Å². The quantitative estimate of drug-likeness (QED) is 0.713. The van der Waals surface area contributed by atoms with E-state index in [1.54, 1.807) is 58.3 Å². The van der Waals surface area contributed by atoms with E-state index in [4.69, 9.17) is 23.2 Å². The molecule has 0 bridgehead atoms. The molecule has 4 rings (SSSR count). The van der Waals surface area contributed by atoms with Gasteiger partial charge in [-0.1, -0.05) is 23.2 Å². The lowest BCUT2D eigenvalue weighted by molar-refractivity contribution is 0.0273. The first-order chi connectivity index (χ1) is 13.4. The van der Waals surface area contributed by atoms with Gasteiger partial charge in [0.05, 0.1) is 5.69 Å². The van der Waals surface area contributed by atoms with E-state index in [0.717, 1.165) is 6.42 Å². The van der Waals surface area contributed by atoms with Gasteiger partial charge in [-0.05, 0) is 69.0 Å². The SMILES string of the molecule is CN(C)C12CCCN1C(=O)N(c1ccc(Cl)cc1)C(=O)N2c1ccc(Cl)cc1. The highest BCUT2D eigenvalue weighted by Gasteiger charge is 2.59. The lowest BCUT2D eigenvalue weighted by Gasteiger charge is -2.55. The standard InChI is InChI=1S/C20H20Cl2N4O2/c1-23(2)20-12-3-13-24(20)18(27)25(16-8-4-14(21)5-9-16)19(28)26(20)17-10-6-15(22)7-11-17/h4-11H,3,12-13H2,1-2H3. The Bertz CT molecular complexity index is 917. The monoisotopic (exact) mass is 418 g/mol. The Hall–Kier alpha value is -2.28. The molecule has 2 aromatic rings. The molecule has 0 radical (unpaired) electrons. The van der Waals surface area contributed by atoms with Crippen molar-refractivity contribution in [3.05, 3.63) is 58.6 Å². The summed E-state index contributed by atoms with van der Waals surface area (Å²) in [6.45, 7) is 0.568. The Morgan fingerprint density at radius 1 is 0.857 bits per heavy atom. The number of fused-ring (bicyclic) bond motifs is 1. The first kappa shape index (κ1) is 19.1. The largest absolute Gasteiger partial charge is 0.340 e. The van der Waals surface area contributed by atoms with Crippen LogP contribution in [-0.4, -0.2) is 48.3 Å². The van der Waals surface area contributed by atoms with Crippen LogP contribution >= 0.6 is 23.2 Å². The second-order valence-corrected chi connectivity index (χ2v) is 7.99. The zero-order valence-corrected chi connectivity index (χ0v) is 17.1. The van der Waals surface area contributed by atoms with Crippen LogP contribution in [0.15, 0.2) is 48.5 Å². The molecule has 2 aliphatic rings. The van der Waals surface area contributed by atoms with Gasteiger partial charge in [0.2, 0.25) is 0 Å². The Labute approximate surface area is 173 Å². The van der Waals surface area contributed by atoms with Gasteiger partial charge in [-0.2, -0.15) is 0 Å². The maximum atomic E-state index is 13.7. The Morgan fingerprint density at radius 2 is 1.39 bits per heavy atom. The van der Waals surface area contributed by atoms with Crippen LogP contribution in [0.1, 0.15) is 12.8 Å². The lowest BCUT2D eigenvalue weighted by atomic mass is 10.1. The molecule has 146 valence electrons. The number of anilines is 2. The van der Waals surface area contributed by atoms with E-state index in [0.29, 0.717) is 34.4 Å². The molecule has 0 aromatic heterocycles. The maximum absolute atomic E-state index is 13.7. The number of carbonyl (C=O) groups excluding carboxylic acids is 2. The number of halogens is 2. The highest BCUT2D eigenvalue weighted by Crippen LogP contribution is 2.43. The van der Waals surface area contributed by atoms with Crippen molar-refractivity contribution in [2.45, 2.75) is 18.6 Å². The lowest BCUT2D eigenvalue weighted by Crippen LogP contribution is -2.76. The van der Waals surface area contributed by atoms with Crippen LogP contribution in [0.25, 0.3) is 0 Å². The average molecular weight is 419 g/mol. The van der Waals surface area contributed by atoms with Crippen molar-refractivity contribution in [2.24, 2.45) is 0 Å². The average Bonchev–Trinajstić information content (AvgIpc) is 3.11. The fraction of sp³-hybridized carbons (Fsp3) is 0.300. The molecule has 1 unspecified atom stereocenters. The minimum absolute atomic E-state index is 0.330. The van der Waals surface area contributed by atoms with E-state index in [1.165, 1.54) is 4.90 Å². The Balaban J connectivity index is 1.88. The van der Waals surface area contributed by atoms with Crippen LogP contribution in [0.5, 0.6) is 0 Å². The highest BCUT2D eigenvalue weighted by molar-refractivity contribution is 6.31. The summed E-state index contributed by atoms with van der Waals surface area (Å²) < 4.78 is 0. The molecule has 0 aliphatic carbocycles. The molecular weight excluding hydrogens is 399 g/mol.